The van der Waals surface area contributed by atoms with Crippen LogP contribution in [0, 0.1) is 0 Å². The van der Waals surface area contributed by atoms with Gasteiger partial charge < -0.3 is 14.4 Å². The van der Waals surface area contributed by atoms with Crippen LogP contribution in [-0.4, -0.2) is 72.7 Å². The molecule has 0 radical (unpaired) electrons. The molecule has 2 heterocycles. The predicted molar refractivity (Wildman–Crippen MR) is 132 cm³/mol. The van der Waals surface area contributed by atoms with Crippen molar-refractivity contribution in [2.24, 2.45) is 4.99 Å². The highest BCUT2D eigenvalue weighted by molar-refractivity contribution is 7.55. The van der Waals surface area contributed by atoms with Gasteiger partial charge in [-0.15, -0.1) is 0 Å². The standard InChI is InChI=1S/C24H25N4O7P/c1-5-34-36(33,35-6-2)13-20(25-14-7-9-16-18(11-14)23(31)27(3)21(16)29)26-15-8-10-17-19(12-15)24(32)28(4)22(17)30/h7-12H,5-6,13H2,1-4H3,(H,25,26). The fourth-order valence-electron chi connectivity index (χ4n) is 3.99. The number of anilines is 1. The summed E-state index contributed by atoms with van der Waals surface area (Å²) in [7, 11) is -0.791. The third kappa shape index (κ3) is 4.60. The molecule has 2 aromatic carbocycles. The Kier molecular flexibility index (Phi) is 6.90. The molecule has 36 heavy (non-hydrogen) atoms. The van der Waals surface area contributed by atoms with E-state index >= 15 is 0 Å². The van der Waals surface area contributed by atoms with E-state index in [0.29, 0.717) is 11.4 Å². The van der Waals surface area contributed by atoms with Gasteiger partial charge in [-0.2, -0.15) is 0 Å². The number of nitrogens with one attached hydrogen (secondary N) is 1. The summed E-state index contributed by atoms with van der Waals surface area (Å²) >= 11 is 0. The number of amides is 4. The molecular formula is C24H25N4O7P. The van der Waals surface area contributed by atoms with Crippen LogP contribution in [0.3, 0.4) is 0 Å². The second-order valence-corrected chi connectivity index (χ2v) is 10.2. The number of amidine groups is 1. The molecule has 2 aliphatic heterocycles. The highest BCUT2D eigenvalue weighted by Crippen LogP contribution is 2.48. The van der Waals surface area contributed by atoms with Crippen molar-refractivity contribution in [1.29, 1.82) is 0 Å². The van der Waals surface area contributed by atoms with Crippen molar-refractivity contribution < 1.29 is 32.8 Å². The second kappa shape index (κ2) is 9.77. The summed E-state index contributed by atoms with van der Waals surface area (Å²) < 4.78 is 24.1. The smallest absolute Gasteiger partial charge is 0.338 e. The maximum absolute atomic E-state index is 13.3. The van der Waals surface area contributed by atoms with E-state index < -0.39 is 31.2 Å². The van der Waals surface area contributed by atoms with Crippen LogP contribution < -0.4 is 5.32 Å². The Labute approximate surface area is 207 Å². The van der Waals surface area contributed by atoms with Gasteiger partial charge in [0.1, 0.15) is 12.0 Å². The van der Waals surface area contributed by atoms with Crippen molar-refractivity contribution >= 4 is 48.4 Å². The van der Waals surface area contributed by atoms with Crippen molar-refractivity contribution in [2.45, 2.75) is 13.8 Å². The van der Waals surface area contributed by atoms with Crippen molar-refractivity contribution in [3.63, 3.8) is 0 Å². The van der Waals surface area contributed by atoms with Crippen LogP contribution in [0.15, 0.2) is 41.4 Å². The Hall–Kier alpha value is -3.66. The predicted octanol–water partition coefficient (Wildman–Crippen LogP) is 3.55. The van der Waals surface area contributed by atoms with E-state index in [0.717, 1.165) is 9.80 Å². The van der Waals surface area contributed by atoms with E-state index in [4.69, 9.17) is 9.05 Å². The molecular weight excluding hydrogens is 487 g/mol. The molecule has 0 atom stereocenters. The van der Waals surface area contributed by atoms with Gasteiger partial charge in [-0.3, -0.25) is 33.5 Å². The van der Waals surface area contributed by atoms with Crippen LogP contribution in [0.5, 0.6) is 0 Å². The van der Waals surface area contributed by atoms with Gasteiger partial charge in [-0.25, -0.2) is 4.99 Å². The Morgan fingerprint density at radius 2 is 1.31 bits per heavy atom. The van der Waals surface area contributed by atoms with Gasteiger partial charge in [0.15, 0.2) is 0 Å². The zero-order valence-corrected chi connectivity index (χ0v) is 21.1. The lowest BCUT2D eigenvalue weighted by atomic mass is 10.1. The van der Waals surface area contributed by atoms with Gasteiger partial charge in [-0.05, 0) is 50.2 Å². The number of fused-ring (bicyclic) bond motifs is 2. The molecule has 0 fully saturated rings. The fourth-order valence-corrected chi connectivity index (χ4v) is 5.55. The summed E-state index contributed by atoms with van der Waals surface area (Å²) in [6.45, 7) is 3.67. The summed E-state index contributed by atoms with van der Waals surface area (Å²) in [5.74, 6) is -1.49. The highest BCUT2D eigenvalue weighted by Gasteiger charge is 2.34. The first-order valence-electron chi connectivity index (χ1n) is 11.2. The van der Waals surface area contributed by atoms with Gasteiger partial charge in [-0.1, -0.05) is 0 Å². The monoisotopic (exact) mass is 512 g/mol. The molecule has 2 aromatic rings. The average molecular weight is 512 g/mol. The molecule has 188 valence electrons. The zero-order valence-electron chi connectivity index (χ0n) is 20.2. The third-order valence-corrected chi connectivity index (χ3v) is 7.70. The van der Waals surface area contributed by atoms with Crippen LogP contribution in [0.1, 0.15) is 55.3 Å². The SMILES string of the molecule is CCOP(=O)(CC(=Nc1ccc2c(c1)C(=O)N(C)C2=O)Nc1ccc2c(c1)C(=O)N(C)C2=O)OCC. The van der Waals surface area contributed by atoms with E-state index in [1.807, 2.05) is 0 Å². The average Bonchev–Trinajstić information content (AvgIpc) is 3.18. The summed E-state index contributed by atoms with van der Waals surface area (Å²) in [6, 6.07) is 9.20. The molecule has 11 nitrogen and oxygen atoms in total. The lowest BCUT2D eigenvalue weighted by Crippen LogP contribution is -2.24. The first kappa shape index (κ1) is 25.4. The number of hydrogen-bond donors (Lipinski definition) is 1. The number of benzene rings is 2. The van der Waals surface area contributed by atoms with Gasteiger partial charge in [0.2, 0.25) is 0 Å². The van der Waals surface area contributed by atoms with E-state index in [2.05, 4.69) is 10.3 Å². The van der Waals surface area contributed by atoms with E-state index in [1.54, 1.807) is 26.0 Å². The van der Waals surface area contributed by atoms with Crippen LogP contribution >= 0.6 is 7.60 Å². The van der Waals surface area contributed by atoms with Gasteiger partial charge in [0.25, 0.3) is 23.6 Å². The quantitative estimate of drug-likeness (QED) is 0.246. The van der Waals surface area contributed by atoms with Crippen LogP contribution in [0.25, 0.3) is 0 Å². The maximum Gasteiger partial charge on any atom is 0.338 e. The number of carbonyl (C=O) groups is 4. The van der Waals surface area contributed by atoms with Crippen LogP contribution in [0.2, 0.25) is 0 Å². The van der Waals surface area contributed by atoms with Gasteiger partial charge in [0, 0.05) is 19.8 Å². The molecule has 0 bridgehead atoms. The fraction of sp³-hybridized carbons (Fsp3) is 0.292. The van der Waals surface area contributed by atoms with Crippen LogP contribution in [0.4, 0.5) is 11.4 Å². The lowest BCUT2D eigenvalue weighted by Gasteiger charge is -2.19. The maximum atomic E-state index is 13.3. The lowest BCUT2D eigenvalue weighted by molar-refractivity contribution is 0.0678. The van der Waals surface area contributed by atoms with Gasteiger partial charge >= 0.3 is 7.60 Å². The molecule has 0 saturated carbocycles. The molecule has 2 aliphatic rings. The minimum atomic E-state index is -3.60. The first-order chi connectivity index (χ1) is 17.1. The molecule has 0 aromatic heterocycles. The highest BCUT2D eigenvalue weighted by atomic mass is 31.2. The van der Waals surface area contributed by atoms with E-state index in [1.165, 1.54) is 38.4 Å². The number of imide groups is 2. The van der Waals surface area contributed by atoms with Crippen molar-refractivity contribution in [1.82, 2.24) is 9.80 Å². The summed E-state index contributed by atoms with van der Waals surface area (Å²) in [6.07, 6.45) is -0.234. The summed E-state index contributed by atoms with van der Waals surface area (Å²) in [5.41, 5.74) is 1.76. The number of hydrogen-bond acceptors (Lipinski definition) is 8. The van der Waals surface area contributed by atoms with Crippen LogP contribution in [-0.2, 0) is 13.6 Å². The van der Waals surface area contributed by atoms with Gasteiger partial charge in [0.05, 0.1) is 41.2 Å². The normalized spacial score (nSPS) is 15.6. The number of aliphatic imine (C=N–C) groups is 1. The number of nitrogens with zero attached hydrogens (tertiary/aromatic N) is 3. The molecule has 0 unspecified atom stereocenters. The Balaban J connectivity index is 1.73. The zero-order chi connectivity index (χ0) is 26.2. The molecule has 0 aliphatic carbocycles. The van der Waals surface area contributed by atoms with Crippen molar-refractivity contribution in [3.8, 4) is 0 Å². The van der Waals surface area contributed by atoms with E-state index in [-0.39, 0.29) is 47.5 Å². The summed E-state index contributed by atoms with van der Waals surface area (Å²) in [4.78, 5) is 55.9. The molecule has 0 spiro atoms. The molecule has 4 rings (SSSR count). The van der Waals surface area contributed by atoms with Crippen molar-refractivity contribution in [2.75, 3.05) is 38.8 Å². The molecule has 1 N–H and O–H groups in total. The Morgan fingerprint density at radius 3 is 1.86 bits per heavy atom. The minimum Gasteiger partial charge on any atom is -0.343 e. The Morgan fingerprint density at radius 1 is 0.806 bits per heavy atom. The van der Waals surface area contributed by atoms with E-state index in [9.17, 15) is 23.7 Å². The second-order valence-electron chi connectivity index (χ2n) is 8.12. The minimum absolute atomic E-state index is 0.147. The molecule has 4 amide bonds. The third-order valence-electron chi connectivity index (χ3n) is 5.71. The topological polar surface area (TPSA) is 135 Å². The molecule has 12 heteroatoms. The largest absolute Gasteiger partial charge is 0.343 e. The van der Waals surface area contributed by atoms with Crippen molar-refractivity contribution in [3.05, 3.63) is 58.7 Å². The number of rotatable bonds is 8. The summed E-state index contributed by atoms with van der Waals surface area (Å²) in [5, 5.41) is 3.05. The first-order valence-corrected chi connectivity index (χ1v) is 13.0. The Bertz CT molecular complexity index is 1360. The molecule has 0 saturated heterocycles. The number of carbonyl (C=O) groups excluding carboxylic acids is 4.